The van der Waals surface area contributed by atoms with E-state index >= 15 is 0 Å². The van der Waals surface area contributed by atoms with Gasteiger partial charge in [-0.2, -0.15) is 0 Å². The molecule has 19 heavy (non-hydrogen) atoms. The number of carbonyl (C=O) groups is 1. The van der Waals surface area contributed by atoms with E-state index in [2.05, 4.69) is 6.92 Å². The number of unbranched alkanes of at least 4 members (excludes halogenated alkanes) is 6. The third-order valence-corrected chi connectivity index (χ3v) is 3.75. The summed E-state index contributed by atoms with van der Waals surface area (Å²) in [6, 6.07) is 5.66. The van der Waals surface area contributed by atoms with Crippen LogP contribution in [0, 0.1) is 6.92 Å². The molecule has 0 atom stereocenters. The van der Waals surface area contributed by atoms with Crippen LogP contribution in [-0.4, -0.2) is 5.78 Å². The minimum atomic E-state index is 0.179. The summed E-state index contributed by atoms with van der Waals surface area (Å²) in [6.07, 6.45) is 9.24. The lowest BCUT2D eigenvalue weighted by atomic mass is 10.0. The first-order chi connectivity index (χ1) is 9.15. The van der Waals surface area contributed by atoms with E-state index < -0.39 is 0 Å². The lowest BCUT2D eigenvalue weighted by molar-refractivity contribution is 0.0979. The quantitative estimate of drug-likeness (QED) is 0.402. The van der Waals surface area contributed by atoms with Crippen LogP contribution in [0.5, 0.6) is 0 Å². The third kappa shape index (κ3) is 6.24. The molecule has 0 N–H and O–H groups in total. The van der Waals surface area contributed by atoms with Gasteiger partial charge in [0.1, 0.15) is 0 Å². The molecule has 1 rings (SSSR count). The number of halogens is 1. The number of carbonyl (C=O) groups excluding carboxylic acids is 1. The molecule has 1 aromatic carbocycles. The summed E-state index contributed by atoms with van der Waals surface area (Å²) in [7, 11) is 0. The normalized spacial score (nSPS) is 10.7. The van der Waals surface area contributed by atoms with E-state index in [1.807, 2.05) is 25.1 Å². The molecule has 0 fully saturated rings. The molecule has 0 aromatic heterocycles. The number of hydrogen-bond donors (Lipinski definition) is 0. The second kappa shape index (κ2) is 9.14. The van der Waals surface area contributed by atoms with Crippen LogP contribution in [0.25, 0.3) is 0 Å². The standard InChI is InChI=1S/C17H25ClO/c1-3-4-5-6-7-8-9-10-17(19)15-12-11-14(2)13-16(15)18/h11-13H,3-10H2,1-2H3. The maximum absolute atomic E-state index is 12.0. The second-order valence-corrected chi connectivity index (χ2v) is 5.68. The summed E-state index contributed by atoms with van der Waals surface area (Å²) >= 11 is 6.10. The zero-order chi connectivity index (χ0) is 14.1. The lowest BCUT2D eigenvalue weighted by Gasteiger charge is -2.05. The number of ketones is 1. The summed E-state index contributed by atoms with van der Waals surface area (Å²) in [5, 5.41) is 0.591. The number of benzene rings is 1. The predicted molar refractivity (Wildman–Crippen MR) is 83.1 cm³/mol. The highest BCUT2D eigenvalue weighted by atomic mass is 35.5. The van der Waals surface area contributed by atoms with Gasteiger partial charge in [0, 0.05) is 12.0 Å². The van der Waals surface area contributed by atoms with Crippen LogP contribution < -0.4 is 0 Å². The zero-order valence-electron chi connectivity index (χ0n) is 12.2. The van der Waals surface area contributed by atoms with Crippen LogP contribution in [0.2, 0.25) is 5.02 Å². The molecule has 0 aliphatic carbocycles. The maximum Gasteiger partial charge on any atom is 0.164 e. The summed E-state index contributed by atoms with van der Waals surface area (Å²) in [5.74, 6) is 0.179. The molecule has 0 saturated heterocycles. The van der Waals surface area contributed by atoms with Gasteiger partial charge in [-0.25, -0.2) is 0 Å². The van der Waals surface area contributed by atoms with Crippen molar-refractivity contribution in [1.29, 1.82) is 0 Å². The van der Waals surface area contributed by atoms with E-state index in [-0.39, 0.29) is 5.78 Å². The van der Waals surface area contributed by atoms with Crippen molar-refractivity contribution < 1.29 is 4.79 Å². The van der Waals surface area contributed by atoms with Crippen molar-refractivity contribution in [2.24, 2.45) is 0 Å². The van der Waals surface area contributed by atoms with Gasteiger partial charge in [-0.3, -0.25) is 4.79 Å². The molecule has 0 amide bonds. The van der Waals surface area contributed by atoms with Crippen LogP contribution >= 0.6 is 11.6 Å². The van der Waals surface area contributed by atoms with Gasteiger partial charge in [-0.05, 0) is 31.0 Å². The summed E-state index contributed by atoms with van der Waals surface area (Å²) in [4.78, 5) is 12.0. The van der Waals surface area contributed by atoms with Crippen molar-refractivity contribution in [2.75, 3.05) is 0 Å². The number of rotatable bonds is 9. The molecule has 0 spiro atoms. The Labute approximate surface area is 122 Å². The van der Waals surface area contributed by atoms with E-state index in [0.717, 1.165) is 18.4 Å². The van der Waals surface area contributed by atoms with Gasteiger partial charge < -0.3 is 0 Å². The van der Waals surface area contributed by atoms with Crippen molar-refractivity contribution in [2.45, 2.75) is 65.2 Å². The van der Waals surface area contributed by atoms with Crippen LogP contribution in [0.15, 0.2) is 18.2 Å². The van der Waals surface area contributed by atoms with Crippen LogP contribution in [0.4, 0.5) is 0 Å². The van der Waals surface area contributed by atoms with Crippen molar-refractivity contribution in [3.63, 3.8) is 0 Å². The Morgan fingerprint density at radius 3 is 2.32 bits per heavy atom. The number of aryl methyl sites for hydroxylation is 1. The van der Waals surface area contributed by atoms with Crippen molar-refractivity contribution in [3.05, 3.63) is 34.3 Å². The topological polar surface area (TPSA) is 17.1 Å². The molecular weight excluding hydrogens is 256 g/mol. The largest absolute Gasteiger partial charge is 0.294 e. The molecule has 0 radical (unpaired) electrons. The average Bonchev–Trinajstić information content (AvgIpc) is 2.37. The molecular formula is C17H25ClO. The fourth-order valence-corrected chi connectivity index (χ4v) is 2.56. The number of hydrogen-bond acceptors (Lipinski definition) is 1. The van der Waals surface area contributed by atoms with Crippen LogP contribution in [0.1, 0.15) is 74.2 Å². The molecule has 1 nitrogen and oxygen atoms in total. The van der Waals surface area contributed by atoms with Gasteiger partial charge in [0.2, 0.25) is 0 Å². The first kappa shape index (κ1) is 16.2. The SMILES string of the molecule is CCCCCCCCCC(=O)c1ccc(C)cc1Cl. The molecule has 1 aromatic rings. The minimum absolute atomic E-state index is 0.179. The van der Waals surface area contributed by atoms with E-state index in [0.29, 0.717) is 17.0 Å². The Hall–Kier alpha value is -0.820. The first-order valence-electron chi connectivity index (χ1n) is 7.44. The van der Waals surface area contributed by atoms with Crippen molar-refractivity contribution in [3.8, 4) is 0 Å². The van der Waals surface area contributed by atoms with E-state index in [4.69, 9.17) is 11.6 Å². The van der Waals surface area contributed by atoms with Crippen molar-refractivity contribution in [1.82, 2.24) is 0 Å². The van der Waals surface area contributed by atoms with Gasteiger partial charge in [-0.15, -0.1) is 0 Å². The van der Waals surface area contributed by atoms with E-state index in [9.17, 15) is 4.79 Å². The van der Waals surface area contributed by atoms with E-state index in [1.165, 1.54) is 32.1 Å². The second-order valence-electron chi connectivity index (χ2n) is 5.28. The third-order valence-electron chi connectivity index (χ3n) is 3.43. The highest BCUT2D eigenvalue weighted by Gasteiger charge is 2.09. The van der Waals surface area contributed by atoms with Crippen LogP contribution in [0.3, 0.4) is 0 Å². The van der Waals surface area contributed by atoms with Gasteiger partial charge >= 0.3 is 0 Å². The summed E-state index contributed by atoms with van der Waals surface area (Å²) in [6.45, 7) is 4.21. The summed E-state index contributed by atoms with van der Waals surface area (Å²) < 4.78 is 0. The molecule has 0 saturated carbocycles. The molecule has 106 valence electrons. The van der Waals surface area contributed by atoms with E-state index in [1.54, 1.807) is 0 Å². The minimum Gasteiger partial charge on any atom is -0.294 e. The van der Waals surface area contributed by atoms with Crippen LogP contribution in [-0.2, 0) is 0 Å². The van der Waals surface area contributed by atoms with Gasteiger partial charge in [0.05, 0.1) is 5.02 Å². The number of Topliss-reactive ketones (excluding diaryl/α,β-unsaturated/α-hetero) is 1. The molecule has 0 unspecified atom stereocenters. The lowest BCUT2D eigenvalue weighted by Crippen LogP contribution is -2.00. The summed E-state index contributed by atoms with van der Waals surface area (Å²) in [5.41, 5.74) is 1.77. The Bertz CT molecular complexity index is 398. The molecule has 0 aliphatic heterocycles. The highest BCUT2D eigenvalue weighted by molar-refractivity contribution is 6.34. The smallest absolute Gasteiger partial charge is 0.164 e. The van der Waals surface area contributed by atoms with Crippen molar-refractivity contribution >= 4 is 17.4 Å². The molecule has 0 heterocycles. The predicted octanol–water partition coefficient (Wildman–Crippen LogP) is 5.97. The van der Waals surface area contributed by atoms with Gasteiger partial charge in [0.15, 0.2) is 5.78 Å². The fraction of sp³-hybridized carbons (Fsp3) is 0.588. The Kier molecular flexibility index (Phi) is 7.81. The first-order valence-corrected chi connectivity index (χ1v) is 7.82. The van der Waals surface area contributed by atoms with Gasteiger partial charge in [-0.1, -0.05) is 63.1 Å². The monoisotopic (exact) mass is 280 g/mol. The molecule has 0 aliphatic rings. The average molecular weight is 281 g/mol. The Balaban J connectivity index is 2.24. The highest BCUT2D eigenvalue weighted by Crippen LogP contribution is 2.20. The zero-order valence-corrected chi connectivity index (χ0v) is 12.9. The Morgan fingerprint density at radius 2 is 1.68 bits per heavy atom. The molecule has 2 heteroatoms. The maximum atomic E-state index is 12.0. The Morgan fingerprint density at radius 1 is 1.05 bits per heavy atom. The molecule has 0 bridgehead atoms. The van der Waals surface area contributed by atoms with Gasteiger partial charge in [0.25, 0.3) is 0 Å². The fourth-order valence-electron chi connectivity index (χ4n) is 2.22.